The fourth-order valence-corrected chi connectivity index (χ4v) is 3.22. The van der Waals surface area contributed by atoms with Gasteiger partial charge in [-0.1, -0.05) is 11.6 Å². The van der Waals surface area contributed by atoms with E-state index in [-0.39, 0.29) is 12.5 Å². The molecule has 1 aliphatic carbocycles. The van der Waals surface area contributed by atoms with E-state index in [1.165, 1.54) is 0 Å². The predicted octanol–water partition coefficient (Wildman–Crippen LogP) is 1.91. The lowest BCUT2D eigenvalue weighted by atomic mass is 9.80. The van der Waals surface area contributed by atoms with Crippen molar-refractivity contribution in [3.63, 3.8) is 0 Å². The number of carbonyl (C=O) groups is 1. The van der Waals surface area contributed by atoms with Crippen LogP contribution in [-0.4, -0.2) is 30.9 Å². The van der Waals surface area contributed by atoms with Gasteiger partial charge in [0.05, 0.1) is 18.8 Å². The largest absolute Gasteiger partial charge is 0.449 e. The van der Waals surface area contributed by atoms with Gasteiger partial charge in [0, 0.05) is 18.5 Å². The fraction of sp³-hybridized carbons (Fsp3) is 0.538. The number of amides is 1. The van der Waals surface area contributed by atoms with Gasteiger partial charge in [0.25, 0.3) is 0 Å². The maximum Gasteiger partial charge on any atom is 0.404 e. The van der Waals surface area contributed by atoms with Crippen LogP contribution < -0.4 is 5.73 Å². The number of halogens is 1. The maximum atomic E-state index is 10.8. The summed E-state index contributed by atoms with van der Waals surface area (Å²) >= 11 is 6.24. The molecule has 2 aliphatic rings. The lowest BCUT2D eigenvalue weighted by molar-refractivity contribution is -0.177. The highest BCUT2D eigenvalue weighted by atomic mass is 35.5. The summed E-state index contributed by atoms with van der Waals surface area (Å²) in [4.78, 5) is 14.9. The van der Waals surface area contributed by atoms with E-state index >= 15 is 0 Å². The lowest BCUT2D eigenvalue weighted by Crippen LogP contribution is -2.35. The molecule has 20 heavy (non-hydrogen) atoms. The standard InChI is InChI=1S/C13H15ClN2O4/c14-11-10-9(2-4-16-11)8(7-18-12(15)17)1-3-13(10)19-5-6-20-13/h2,4,8H,1,3,5-7H2,(H2,15,17)/t8-/m0/s1. The molecule has 3 rings (SSSR count). The molecule has 2 heterocycles. The second kappa shape index (κ2) is 5.20. The van der Waals surface area contributed by atoms with Crippen molar-refractivity contribution in [2.24, 2.45) is 5.73 Å². The summed E-state index contributed by atoms with van der Waals surface area (Å²) in [6.07, 6.45) is 2.27. The average Bonchev–Trinajstić information content (AvgIpc) is 2.87. The van der Waals surface area contributed by atoms with Crippen molar-refractivity contribution in [3.8, 4) is 0 Å². The first kappa shape index (κ1) is 13.6. The zero-order chi connectivity index (χ0) is 14.2. The van der Waals surface area contributed by atoms with Crippen molar-refractivity contribution in [2.75, 3.05) is 19.8 Å². The van der Waals surface area contributed by atoms with E-state index in [2.05, 4.69) is 4.98 Å². The highest BCUT2D eigenvalue weighted by Crippen LogP contribution is 2.48. The van der Waals surface area contributed by atoms with Crippen LogP contribution in [0.3, 0.4) is 0 Å². The van der Waals surface area contributed by atoms with E-state index in [0.717, 1.165) is 17.5 Å². The summed E-state index contributed by atoms with van der Waals surface area (Å²) in [6, 6.07) is 1.86. The van der Waals surface area contributed by atoms with Gasteiger partial charge < -0.3 is 19.9 Å². The van der Waals surface area contributed by atoms with Crippen LogP contribution in [0.15, 0.2) is 12.3 Å². The molecule has 2 N–H and O–H groups in total. The first-order chi connectivity index (χ1) is 9.62. The Labute approximate surface area is 121 Å². The lowest BCUT2D eigenvalue weighted by Gasteiger charge is -2.37. The zero-order valence-electron chi connectivity index (χ0n) is 10.8. The molecule has 1 amide bonds. The van der Waals surface area contributed by atoms with E-state index in [9.17, 15) is 4.79 Å². The van der Waals surface area contributed by atoms with Gasteiger partial charge >= 0.3 is 6.09 Å². The Morgan fingerprint density at radius 2 is 2.30 bits per heavy atom. The molecule has 1 atom stereocenters. The molecule has 0 radical (unpaired) electrons. The molecule has 1 aromatic heterocycles. The molecule has 1 spiro atoms. The van der Waals surface area contributed by atoms with Crippen LogP contribution in [0.2, 0.25) is 5.15 Å². The summed E-state index contributed by atoms with van der Waals surface area (Å²) in [5.74, 6) is -0.777. The molecule has 0 unspecified atom stereocenters. The summed E-state index contributed by atoms with van der Waals surface area (Å²) in [6.45, 7) is 1.29. The number of pyridine rings is 1. The summed E-state index contributed by atoms with van der Waals surface area (Å²) in [7, 11) is 0. The Morgan fingerprint density at radius 3 is 3.00 bits per heavy atom. The van der Waals surface area contributed by atoms with Gasteiger partial charge in [-0.05, 0) is 18.1 Å². The molecule has 7 heteroatoms. The van der Waals surface area contributed by atoms with Crippen molar-refractivity contribution in [1.82, 2.24) is 4.98 Å². The molecule has 0 saturated carbocycles. The van der Waals surface area contributed by atoms with Crippen molar-refractivity contribution in [1.29, 1.82) is 0 Å². The zero-order valence-corrected chi connectivity index (χ0v) is 11.6. The summed E-state index contributed by atoms with van der Waals surface area (Å²) < 4.78 is 16.5. The molecule has 1 fully saturated rings. The highest BCUT2D eigenvalue weighted by Gasteiger charge is 2.46. The van der Waals surface area contributed by atoms with E-state index in [1.54, 1.807) is 6.20 Å². The quantitative estimate of drug-likeness (QED) is 0.843. The Balaban J connectivity index is 1.97. The molecule has 1 aromatic rings. The van der Waals surface area contributed by atoms with Gasteiger partial charge in [-0.15, -0.1) is 0 Å². The maximum absolute atomic E-state index is 10.8. The van der Waals surface area contributed by atoms with E-state index < -0.39 is 11.9 Å². The molecule has 1 saturated heterocycles. The Hall–Kier alpha value is -1.37. The number of primary amides is 1. The van der Waals surface area contributed by atoms with Gasteiger partial charge in [-0.25, -0.2) is 9.78 Å². The van der Waals surface area contributed by atoms with E-state index in [0.29, 0.717) is 24.8 Å². The number of carbonyl (C=O) groups excluding carboxylic acids is 1. The monoisotopic (exact) mass is 298 g/mol. The SMILES string of the molecule is NC(=O)OC[C@@H]1CCC2(OCCO2)c2c1ccnc2Cl. The van der Waals surface area contributed by atoms with Crippen molar-refractivity contribution < 1.29 is 19.0 Å². The fourth-order valence-electron chi connectivity index (χ4n) is 2.91. The third kappa shape index (κ3) is 2.24. The van der Waals surface area contributed by atoms with Gasteiger partial charge in [-0.2, -0.15) is 0 Å². The van der Waals surface area contributed by atoms with E-state index in [4.69, 9.17) is 31.5 Å². The van der Waals surface area contributed by atoms with Gasteiger partial charge in [-0.3, -0.25) is 0 Å². The molecular weight excluding hydrogens is 284 g/mol. The minimum atomic E-state index is -0.802. The number of nitrogens with two attached hydrogens (primary N) is 1. The second-order valence-corrected chi connectivity index (χ2v) is 5.24. The Kier molecular flexibility index (Phi) is 3.54. The number of hydrogen-bond donors (Lipinski definition) is 1. The summed E-state index contributed by atoms with van der Waals surface area (Å²) in [5, 5.41) is 0.369. The molecular formula is C13H15ClN2O4. The second-order valence-electron chi connectivity index (χ2n) is 4.88. The van der Waals surface area contributed by atoms with Crippen LogP contribution >= 0.6 is 11.6 Å². The number of aromatic nitrogens is 1. The van der Waals surface area contributed by atoms with Crippen LogP contribution in [0, 0.1) is 0 Å². The number of hydrogen-bond acceptors (Lipinski definition) is 5. The third-order valence-electron chi connectivity index (χ3n) is 3.76. The van der Waals surface area contributed by atoms with Crippen molar-refractivity contribution >= 4 is 17.7 Å². The first-order valence-electron chi connectivity index (χ1n) is 6.47. The average molecular weight is 299 g/mol. The van der Waals surface area contributed by atoms with Crippen molar-refractivity contribution in [3.05, 3.63) is 28.5 Å². The Bertz CT molecular complexity index is 531. The predicted molar refractivity (Wildman–Crippen MR) is 70.3 cm³/mol. The number of nitrogens with zero attached hydrogens (tertiary/aromatic N) is 1. The van der Waals surface area contributed by atoms with Crippen LogP contribution in [0.25, 0.3) is 0 Å². The smallest absolute Gasteiger partial charge is 0.404 e. The molecule has 0 bridgehead atoms. The molecule has 1 aliphatic heterocycles. The Morgan fingerprint density at radius 1 is 1.55 bits per heavy atom. The van der Waals surface area contributed by atoms with Crippen LogP contribution in [0.1, 0.15) is 29.9 Å². The van der Waals surface area contributed by atoms with Gasteiger partial charge in [0.2, 0.25) is 0 Å². The molecule has 0 aromatic carbocycles. The normalized spacial score (nSPS) is 23.6. The van der Waals surface area contributed by atoms with Crippen molar-refractivity contribution in [2.45, 2.75) is 24.5 Å². The number of rotatable bonds is 2. The molecule has 108 valence electrons. The number of fused-ring (bicyclic) bond motifs is 2. The number of ether oxygens (including phenoxy) is 3. The topological polar surface area (TPSA) is 83.7 Å². The van der Waals surface area contributed by atoms with Crippen LogP contribution in [-0.2, 0) is 20.0 Å². The molecule has 6 nitrogen and oxygen atoms in total. The first-order valence-corrected chi connectivity index (χ1v) is 6.85. The summed E-state index contributed by atoms with van der Waals surface area (Å²) in [5.41, 5.74) is 6.72. The van der Waals surface area contributed by atoms with Crippen LogP contribution in [0.4, 0.5) is 4.79 Å². The van der Waals surface area contributed by atoms with Gasteiger partial charge in [0.1, 0.15) is 11.8 Å². The highest BCUT2D eigenvalue weighted by molar-refractivity contribution is 6.30. The minimum Gasteiger partial charge on any atom is -0.449 e. The van der Waals surface area contributed by atoms with Crippen LogP contribution in [0.5, 0.6) is 0 Å². The third-order valence-corrected chi connectivity index (χ3v) is 4.05. The minimum absolute atomic E-state index is 0.0245. The van der Waals surface area contributed by atoms with E-state index in [1.807, 2.05) is 6.07 Å². The van der Waals surface area contributed by atoms with Gasteiger partial charge in [0.15, 0.2) is 5.79 Å².